The third-order valence-corrected chi connectivity index (χ3v) is 2.20. The largest absolute Gasteiger partial charge is 0.469 e. The van der Waals surface area contributed by atoms with Gasteiger partial charge in [-0.05, 0) is 12.5 Å². The predicted octanol–water partition coefficient (Wildman–Crippen LogP) is 1.63. The molecule has 1 rings (SSSR count). The Kier molecular flexibility index (Phi) is 3.76. The van der Waals surface area contributed by atoms with Gasteiger partial charge in [0, 0.05) is 11.8 Å². The van der Waals surface area contributed by atoms with E-state index >= 15 is 0 Å². The van der Waals surface area contributed by atoms with Crippen molar-refractivity contribution in [1.29, 1.82) is 0 Å². The Hall–Kier alpha value is -1.72. The molecule has 0 amide bonds. The van der Waals surface area contributed by atoms with E-state index in [2.05, 4.69) is 9.72 Å². The Morgan fingerprint density at radius 3 is 2.75 bits per heavy atom. The number of alkyl halides is 2. The molecule has 16 heavy (non-hydrogen) atoms. The van der Waals surface area contributed by atoms with Gasteiger partial charge in [-0.3, -0.25) is 9.78 Å². The Labute approximate surface area is 91.4 Å². The molecule has 0 saturated carbocycles. The maximum atomic E-state index is 12.7. The first kappa shape index (κ1) is 12.4. The Bertz CT molecular complexity index is 408. The number of aryl methyl sites for hydroxylation is 1. The third-order valence-electron chi connectivity index (χ3n) is 2.20. The Morgan fingerprint density at radius 1 is 1.62 bits per heavy atom. The molecule has 0 aliphatic heterocycles. The van der Waals surface area contributed by atoms with Gasteiger partial charge in [-0.1, -0.05) is 0 Å². The maximum absolute atomic E-state index is 12.7. The second-order valence-corrected chi connectivity index (χ2v) is 3.27. The molecule has 0 saturated heterocycles. The topological polar surface area (TPSA) is 65.2 Å². The number of nitrogens with zero attached hydrogens (tertiary/aromatic N) is 1. The summed E-state index contributed by atoms with van der Waals surface area (Å²) < 4.78 is 29.7. The van der Waals surface area contributed by atoms with E-state index < -0.39 is 12.4 Å². The van der Waals surface area contributed by atoms with Gasteiger partial charge in [0.15, 0.2) is 0 Å². The summed E-state index contributed by atoms with van der Waals surface area (Å²) in [5, 5.41) is 0. The van der Waals surface area contributed by atoms with Crippen LogP contribution in [0.4, 0.5) is 14.5 Å². The van der Waals surface area contributed by atoms with Crippen molar-refractivity contribution in [3.05, 3.63) is 23.0 Å². The molecule has 0 radical (unpaired) electrons. The van der Waals surface area contributed by atoms with Crippen LogP contribution in [0, 0.1) is 6.92 Å². The first-order valence-electron chi connectivity index (χ1n) is 4.56. The number of hydrogen-bond acceptors (Lipinski definition) is 4. The molecule has 0 aliphatic carbocycles. The molecule has 0 fully saturated rings. The summed E-state index contributed by atoms with van der Waals surface area (Å²) in [6, 6.07) is 0. The van der Waals surface area contributed by atoms with Crippen LogP contribution in [-0.2, 0) is 16.0 Å². The van der Waals surface area contributed by atoms with E-state index in [9.17, 15) is 13.6 Å². The average Bonchev–Trinajstić information content (AvgIpc) is 2.21. The smallest absolute Gasteiger partial charge is 0.311 e. The molecular weight excluding hydrogens is 218 g/mol. The molecular formula is C10H12F2N2O2. The van der Waals surface area contributed by atoms with Crippen molar-refractivity contribution in [1.82, 2.24) is 4.98 Å². The van der Waals surface area contributed by atoms with Gasteiger partial charge >= 0.3 is 5.97 Å². The number of nitrogens with two attached hydrogens (primary N) is 1. The number of nitrogen functional groups attached to an aromatic ring is 1. The molecule has 0 atom stereocenters. The van der Waals surface area contributed by atoms with Crippen molar-refractivity contribution in [2.24, 2.45) is 0 Å². The first-order valence-corrected chi connectivity index (χ1v) is 4.56. The molecule has 0 unspecified atom stereocenters. The molecule has 1 aromatic heterocycles. The maximum Gasteiger partial charge on any atom is 0.311 e. The van der Waals surface area contributed by atoms with Crippen LogP contribution < -0.4 is 5.73 Å². The summed E-state index contributed by atoms with van der Waals surface area (Å²) in [4.78, 5) is 14.8. The molecule has 0 aliphatic rings. The third kappa shape index (κ3) is 2.44. The van der Waals surface area contributed by atoms with E-state index in [1.165, 1.54) is 20.2 Å². The highest BCUT2D eigenvalue weighted by Gasteiger charge is 2.19. The highest BCUT2D eigenvalue weighted by atomic mass is 19.3. The lowest BCUT2D eigenvalue weighted by Crippen LogP contribution is -2.11. The van der Waals surface area contributed by atoms with Crippen LogP contribution in [-0.4, -0.2) is 18.1 Å². The molecule has 1 aromatic rings. The number of rotatable bonds is 3. The molecule has 4 nitrogen and oxygen atoms in total. The standard InChI is InChI=1S/C10H12F2N2O2/c1-5-4-14-6(3-7(15)16-2)9(13)8(5)10(11)12/h4,10H,3,13H2,1-2H3. The molecule has 0 spiro atoms. The van der Waals surface area contributed by atoms with Crippen molar-refractivity contribution in [3.8, 4) is 0 Å². The fraction of sp³-hybridized carbons (Fsp3) is 0.400. The normalized spacial score (nSPS) is 10.6. The van der Waals surface area contributed by atoms with Gasteiger partial charge < -0.3 is 10.5 Å². The second-order valence-electron chi connectivity index (χ2n) is 3.27. The second kappa shape index (κ2) is 4.87. The van der Waals surface area contributed by atoms with Gasteiger partial charge in [0.25, 0.3) is 6.43 Å². The zero-order valence-electron chi connectivity index (χ0n) is 8.96. The monoisotopic (exact) mass is 230 g/mol. The van der Waals surface area contributed by atoms with Gasteiger partial charge in [-0.2, -0.15) is 0 Å². The zero-order chi connectivity index (χ0) is 12.3. The lowest BCUT2D eigenvalue weighted by molar-refractivity contribution is -0.139. The number of carbonyl (C=O) groups is 1. The molecule has 0 bridgehead atoms. The van der Waals surface area contributed by atoms with Crippen LogP contribution in [0.2, 0.25) is 0 Å². The Balaban J connectivity index is 3.13. The molecule has 2 N–H and O–H groups in total. The molecule has 1 heterocycles. The summed E-state index contributed by atoms with van der Waals surface area (Å²) in [6.45, 7) is 1.49. The number of methoxy groups -OCH3 is 1. The number of anilines is 1. The molecule has 88 valence electrons. The minimum Gasteiger partial charge on any atom is -0.469 e. The quantitative estimate of drug-likeness (QED) is 0.801. The van der Waals surface area contributed by atoms with E-state index in [-0.39, 0.29) is 23.4 Å². The van der Waals surface area contributed by atoms with Crippen LogP contribution in [0.1, 0.15) is 23.2 Å². The predicted molar refractivity (Wildman–Crippen MR) is 54.1 cm³/mol. The van der Waals surface area contributed by atoms with Crippen molar-refractivity contribution < 1.29 is 18.3 Å². The van der Waals surface area contributed by atoms with E-state index in [1.54, 1.807) is 0 Å². The fourth-order valence-corrected chi connectivity index (χ4v) is 1.32. The van der Waals surface area contributed by atoms with Crippen LogP contribution in [0.5, 0.6) is 0 Å². The highest BCUT2D eigenvalue weighted by Crippen LogP contribution is 2.29. The van der Waals surface area contributed by atoms with Crippen LogP contribution in [0.15, 0.2) is 6.20 Å². The Morgan fingerprint density at radius 2 is 2.25 bits per heavy atom. The SMILES string of the molecule is COC(=O)Cc1ncc(C)c(C(F)F)c1N. The summed E-state index contributed by atoms with van der Waals surface area (Å²) >= 11 is 0. The van der Waals surface area contributed by atoms with Gasteiger partial charge in [0.1, 0.15) is 0 Å². The summed E-state index contributed by atoms with van der Waals surface area (Å²) in [6.07, 6.45) is -1.61. The molecule has 0 aromatic carbocycles. The van der Waals surface area contributed by atoms with E-state index in [0.717, 1.165) is 0 Å². The molecule has 6 heteroatoms. The minimum absolute atomic E-state index is 0.118. The van der Waals surface area contributed by atoms with Crippen LogP contribution >= 0.6 is 0 Å². The van der Waals surface area contributed by atoms with E-state index in [4.69, 9.17) is 5.73 Å². The number of halogens is 2. The van der Waals surface area contributed by atoms with E-state index in [0.29, 0.717) is 5.56 Å². The fourth-order valence-electron chi connectivity index (χ4n) is 1.32. The number of pyridine rings is 1. The minimum atomic E-state index is -2.68. The van der Waals surface area contributed by atoms with Gasteiger partial charge in [-0.25, -0.2) is 8.78 Å². The number of esters is 1. The van der Waals surface area contributed by atoms with Crippen LogP contribution in [0.25, 0.3) is 0 Å². The average molecular weight is 230 g/mol. The number of carbonyl (C=O) groups excluding carboxylic acids is 1. The zero-order valence-corrected chi connectivity index (χ0v) is 8.96. The van der Waals surface area contributed by atoms with Crippen molar-refractivity contribution in [2.75, 3.05) is 12.8 Å². The summed E-state index contributed by atoms with van der Waals surface area (Å²) in [5.74, 6) is -0.566. The highest BCUT2D eigenvalue weighted by molar-refractivity contribution is 5.74. The van der Waals surface area contributed by atoms with Crippen LogP contribution in [0.3, 0.4) is 0 Å². The van der Waals surface area contributed by atoms with Gasteiger partial charge in [0.05, 0.1) is 24.9 Å². The number of aromatic nitrogens is 1. The van der Waals surface area contributed by atoms with Crippen molar-refractivity contribution in [2.45, 2.75) is 19.8 Å². The number of hydrogen-bond donors (Lipinski definition) is 1. The van der Waals surface area contributed by atoms with Gasteiger partial charge in [0.2, 0.25) is 0 Å². The van der Waals surface area contributed by atoms with Crippen molar-refractivity contribution >= 4 is 11.7 Å². The van der Waals surface area contributed by atoms with Crippen molar-refractivity contribution in [3.63, 3.8) is 0 Å². The number of ether oxygens (including phenoxy) is 1. The first-order chi connectivity index (χ1) is 7.47. The summed E-state index contributed by atoms with van der Waals surface area (Å²) in [5.41, 5.74) is 5.55. The van der Waals surface area contributed by atoms with Gasteiger partial charge in [-0.15, -0.1) is 0 Å². The van der Waals surface area contributed by atoms with E-state index in [1.807, 2.05) is 0 Å². The lowest BCUT2D eigenvalue weighted by Gasteiger charge is -2.11. The lowest BCUT2D eigenvalue weighted by atomic mass is 10.1. The summed E-state index contributed by atoms with van der Waals surface area (Å²) in [7, 11) is 1.21.